The van der Waals surface area contributed by atoms with Crippen LogP contribution >= 0.6 is 0 Å². The number of hydrogen-bond acceptors (Lipinski definition) is 4. The molecule has 2 aromatic heterocycles. The second-order valence-electron chi connectivity index (χ2n) is 2.73. The molecule has 2 rings (SSSR count). The van der Waals surface area contributed by atoms with E-state index in [2.05, 4.69) is 15.0 Å². The van der Waals surface area contributed by atoms with E-state index < -0.39 is 5.97 Å². The Morgan fingerprint density at radius 3 is 2.93 bits per heavy atom. The first-order valence-corrected chi connectivity index (χ1v) is 4.13. The van der Waals surface area contributed by atoms with E-state index in [9.17, 15) is 4.79 Å². The number of aryl methyl sites for hydroxylation is 1. The molecular weight excluding hydrogens is 184 g/mol. The second kappa shape index (κ2) is 3.06. The summed E-state index contributed by atoms with van der Waals surface area (Å²) in [5.74, 6) is -1.08. The zero-order chi connectivity index (χ0) is 10.1. The molecule has 6 nitrogen and oxygen atoms in total. The third-order valence-electron chi connectivity index (χ3n) is 1.94. The van der Waals surface area contributed by atoms with Crippen LogP contribution in [0.25, 0.3) is 11.2 Å². The molecule has 2 heterocycles. The predicted molar refractivity (Wildman–Crippen MR) is 48.0 cm³/mol. The molecule has 0 aliphatic carbocycles. The van der Waals surface area contributed by atoms with Gasteiger partial charge in [-0.1, -0.05) is 0 Å². The first-order valence-electron chi connectivity index (χ1n) is 4.13. The van der Waals surface area contributed by atoms with Crippen molar-refractivity contribution >= 4 is 17.1 Å². The lowest BCUT2D eigenvalue weighted by molar-refractivity contribution is 0.0692. The Bertz CT molecular complexity index is 491. The molecule has 0 spiro atoms. The Morgan fingerprint density at radius 2 is 2.29 bits per heavy atom. The molecule has 0 amide bonds. The first-order chi connectivity index (χ1) is 6.74. The number of aromatic carboxylic acids is 1. The van der Waals surface area contributed by atoms with Crippen LogP contribution < -0.4 is 0 Å². The van der Waals surface area contributed by atoms with Crippen LogP contribution in [0.2, 0.25) is 0 Å². The zero-order valence-corrected chi connectivity index (χ0v) is 7.51. The molecule has 0 bridgehead atoms. The molecule has 0 saturated heterocycles. The predicted octanol–water partition coefficient (Wildman–Crippen LogP) is 0.544. The largest absolute Gasteiger partial charge is 0.476 e. The van der Waals surface area contributed by atoms with Crippen LogP contribution in [0.4, 0.5) is 0 Å². The summed E-state index contributed by atoms with van der Waals surface area (Å²) >= 11 is 0. The van der Waals surface area contributed by atoms with E-state index >= 15 is 0 Å². The van der Waals surface area contributed by atoms with Gasteiger partial charge in [0, 0.05) is 6.54 Å². The van der Waals surface area contributed by atoms with E-state index in [-0.39, 0.29) is 5.69 Å². The molecule has 0 radical (unpaired) electrons. The molecule has 0 fully saturated rings. The van der Waals surface area contributed by atoms with Gasteiger partial charge in [0.2, 0.25) is 0 Å². The van der Waals surface area contributed by atoms with Gasteiger partial charge in [0.05, 0.1) is 6.33 Å². The maximum absolute atomic E-state index is 10.8. The summed E-state index contributed by atoms with van der Waals surface area (Å²) in [6.45, 7) is 2.64. The topological polar surface area (TPSA) is 80.9 Å². The molecule has 0 aliphatic heterocycles. The number of hydrogen-bond donors (Lipinski definition) is 1. The van der Waals surface area contributed by atoms with Gasteiger partial charge in [-0.15, -0.1) is 0 Å². The number of aromatic nitrogens is 4. The fourth-order valence-corrected chi connectivity index (χ4v) is 1.27. The van der Waals surface area contributed by atoms with Crippen molar-refractivity contribution < 1.29 is 9.90 Å². The molecular formula is C8H8N4O2. The van der Waals surface area contributed by atoms with Crippen LogP contribution in [0.5, 0.6) is 0 Å². The molecule has 0 aromatic carbocycles. The monoisotopic (exact) mass is 192 g/mol. The molecule has 14 heavy (non-hydrogen) atoms. The highest BCUT2D eigenvalue weighted by Gasteiger charge is 2.14. The summed E-state index contributed by atoms with van der Waals surface area (Å²) in [5.41, 5.74) is 0.837. The zero-order valence-electron chi connectivity index (χ0n) is 7.51. The van der Waals surface area contributed by atoms with Crippen molar-refractivity contribution in [3.05, 3.63) is 18.3 Å². The minimum absolute atomic E-state index is 0.0535. The molecule has 72 valence electrons. The lowest BCUT2D eigenvalue weighted by atomic mass is 10.3. The van der Waals surface area contributed by atoms with Gasteiger partial charge in [-0.25, -0.2) is 19.7 Å². The molecule has 6 heteroatoms. The normalized spacial score (nSPS) is 10.6. The third kappa shape index (κ3) is 1.12. The van der Waals surface area contributed by atoms with E-state index in [4.69, 9.17) is 5.11 Å². The summed E-state index contributed by atoms with van der Waals surface area (Å²) in [4.78, 5) is 22.4. The average Bonchev–Trinajstić information content (AvgIpc) is 2.59. The van der Waals surface area contributed by atoms with Gasteiger partial charge in [0.1, 0.15) is 11.8 Å². The summed E-state index contributed by atoms with van der Waals surface area (Å²) in [5, 5.41) is 8.83. The van der Waals surface area contributed by atoms with E-state index in [0.717, 1.165) is 0 Å². The summed E-state index contributed by atoms with van der Waals surface area (Å²) in [7, 11) is 0. The standard InChI is InChI=1S/C8H8N4O2/c1-2-12-4-11-5-6(8(13)14)9-3-10-7(5)12/h3-4H,2H2,1H3,(H,13,14). The van der Waals surface area contributed by atoms with Gasteiger partial charge in [0.15, 0.2) is 11.3 Å². The van der Waals surface area contributed by atoms with Crippen molar-refractivity contribution in [2.45, 2.75) is 13.5 Å². The summed E-state index contributed by atoms with van der Waals surface area (Å²) < 4.78 is 1.77. The van der Waals surface area contributed by atoms with Crippen LogP contribution in [0.15, 0.2) is 12.7 Å². The van der Waals surface area contributed by atoms with Crippen molar-refractivity contribution in [2.75, 3.05) is 0 Å². The lowest BCUT2D eigenvalue weighted by Gasteiger charge is -1.97. The number of nitrogens with zero attached hydrogens (tertiary/aromatic N) is 4. The maximum atomic E-state index is 10.8. The smallest absolute Gasteiger partial charge is 0.356 e. The molecule has 0 atom stereocenters. The summed E-state index contributed by atoms with van der Waals surface area (Å²) in [6, 6.07) is 0. The number of carboxylic acids is 1. The third-order valence-corrected chi connectivity index (χ3v) is 1.94. The molecule has 0 saturated carbocycles. The number of imidazole rings is 1. The van der Waals surface area contributed by atoms with E-state index in [1.807, 2.05) is 6.92 Å². The Balaban J connectivity index is 2.76. The highest BCUT2D eigenvalue weighted by molar-refractivity contribution is 5.97. The van der Waals surface area contributed by atoms with Crippen LogP contribution in [0, 0.1) is 0 Å². The van der Waals surface area contributed by atoms with Crippen LogP contribution in [-0.4, -0.2) is 30.6 Å². The highest BCUT2D eigenvalue weighted by atomic mass is 16.4. The van der Waals surface area contributed by atoms with Crippen molar-refractivity contribution in [1.82, 2.24) is 19.5 Å². The van der Waals surface area contributed by atoms with Gasteiger partial charge >= 0.3 is 5.97 Å². The van der Waals surface area contributed by atoms with Crippen LogP contribution in [0.3, 0.4) is 0 Å². The first kappa shape index (κ1) is 8.61. The minimum Gasteiger partial charge on any atom is -0.476 e. The van der Waals surface area contributed by atoms with Crippen LogP contribution in [0.1, 0.15) is 17.4 Å². The van der Waals surface area contributed by atoms with Gasteiger partial charge in [-0.3, -0.25) is 0 Å². The Labute approximate surface area is 79.2 Å². The van der Waals surface area contributed by atoms with E-state index in [1.165, 1.54) is 6.33 Å². The van der Waals surface area contributed by atoms with Gasteiger partial charge in [-0.05, 0) is 6.92 Å². The van der Waals surface area contributed by atoms with E-state index in [0.29, 0.717) is 17.7 Å². The lowest BCUT2D eigenvalue weighted by Crippen LogP contribution is -2.03. The Kier molecular flexibility index (Phi) is 1.88. The average molecular weight is 192 g/mol. The van der Waals surface area contributed by atoms with Crippen molar-refractivity contribution in [1.29, 1.82) is 0 Å². The highest BCUT2D eigenvalue weighted by Crippen LogP contribution is 2.12. The fourth-order valence-electron chi connectivity index (χ4n) is 1.27. The SMILES string of the molecule is CCn1cnc2c(C(=O)O)ncnc21. The van der Waals surface area contributed by atoms with Gasteiger partial charge in [-0.2, -0.15) is 0 Å². The van der Waals surface area contributed by atoms with E-state index in [1.54, 1.807) is 10.9 Å². The molecule has 0 aliphatic rings. The molecule has 1 N–H and O–H groups in total. The van der Waals surface area contributed by atoms with Crippen LogP contribution in [-0.2, 0) is 6.54 Å². The minimum atomic E-state index is -1.08. The summed E-state index contributed by atoms with van der Waals surface area (Å²) in [6.07, 6.45) is 2.80. The quantitative estimate of drug-likeness (QED) is 0.751. The van der Waals surface area contributed by atoms with Crippen molar-refractivity contribution in [3.8, 4) is 0 Å². The second-order valence-corrected chi connectivity index (χ2v) is 2.73. The number of fused-ring (bicyclic) bond motifs is 1. The fraction of sp³-hybridized carbons (Fsp3) is 0.250. The molecule has 2 aromatic rings. The Morgan fingerprint density at radius 1 is 1.50 bits per heavy atom. The molecule has 0 unspecified atom stereocenters. The van der Waals surface area contributed by atoms with Gasteiger partial charge in [0.25, 0.3) is 0 Å². The number of rotatable bonds is 2. The Hall–Kier alpha value is -1.98. The number of carboxylic acid groups (broad SMARTS) is 1. The van der Waals surface area contributed by atoms with Crippen molar-refractivity contribution in [2.24, 2.45) is 0 Å². The maximum Gasteiger partial charge on any atom is 0.356 e. The van der Waals surface area contributed by atoms with Crippen molar-refractivity contribution in [3.63, 3.8) is 0 Å². The van der Waals surface area contributed by atoms with Gasteiger partial charge < -0.3 is 9.67 Å². The number of carbonyl (C=O) groups is 1.